The van der Waals surface area contributed by atoms with E-state index in [9.17, 15) is 14.4 Å². The smallest absolute Gasteiger partial charge is 0.343 e. The molecule has 0 spiro atoms. The number of amides is 2. The molecule has 27 heavy (non-hydrogen) atoms. The quantitative estimate of drug-likeness (QED) is 0.778. The Hall–Kier alpha value is -3.15. The van der Waals surface area contributed by atoms with Gasteiger partial charge in [-0.1, -0.05) is 35.7 Å². The fourth-order valence-electron chi connectivity index (χ4n) is 3.68. The number of fused-ring (bicyclic) bond motifs is 1. The van der Waals surface area contributed by atoms with Gasteiger partial charge in [0.2, 0.25) is 0 Å². The van der Waals surface area contributed by atoms with Crippen molar-refractivity contribution in [2.75, 3.05) is 7.11 Å². The highest BCUT2D eigenvalue weighted by atomic mass is 16.7. The molecule has 1 fully saturated rings. The molecular weight excluding hydrogens is 346 g/mol. The van der Waals surface area contributed by atoms with Gasteiger partial charge in [-0.25, -0.2) is 4.79 Å². The zero-order chi connectivity index (χ0) is 19.2. The Morgan fingerprint density at radius 3 is 2.19 bits per heavy atom. The molecule has 2 aliphatic rings. The molecule has 0 radical (unpaired) electrons. The van der Waals surface area contributed by atoms with Gasteiger partial charge in [0.15, 0.2) is 0 Å². The van der Waals surface area contributed by atoms with E-state index in [1.54, 1.807) is 31.4 Å². The molecule has 1 aliphatic heterocycles. The van der Waals surface area contributed by atoms with Gasteiger partial charge in [0.25, 0.3) is 11.8 Å². The van der Waals surface area contributed by atoms with Gasteiger partial charge >= 0.3 is 5.97 Å². The summed E-state index contributed by atoms with van der Waals surface area (Å²) in [5.41, 5.74) is 1.36. The van der Waals surface area contributed by atoms with Crippen LogP contribution in [0.2, 0.25) is 0 Å². The van der Waals surface area contributed by atoms with Crippen LogP contribution in [-0.2, 0) is 15.0 Å². The van der Waals surface area contributed by atoms with Gasteiger partial charge in [-0.2, -0.15) is 0 Å². The maximum absolute atomic E-state index is 13.0. The van der Waals surface area contributed by atoms with Crippen LogP contribution in [0.4, 0.5) is 0 Å². The highest BCUT2D eigenvalue weighted by Gasteiger charge is 2.50. The van der Waals surface area contributed by atoms with Crippen LogP contribution in [0.15, 0.2) is 42.5 Å². The summed E-state index contributed by atoms with van der Waals surface area (Å²) in [7, 11) is 1.58. The van der Waals surface area contributed by atoms with Gasteiger partial charge < -0.3 is 9.57 Å². The molecule has 0 N–H and O–H groups in total. The first kappa shape index (κ1) is 17.3. The van der Waals surface area contributed by atoms with Gasteiger partial charge in [-0.3, -0.25) is 9.59 Å². The molecule has 2 aromatic rings. The van der Waals surface area contributed by atoms with Crippen molar-refractivity contribution in [3.05, 3.63) is 64.7 Å². The summed E-state index contributed by atoms with van der Waals surface area (Å²) in [6.45, 7) is 1.92. The molecule has 4 rings (SSSR count). The van der Waals surface area contributed by atoms with Crippen LogP contribution in [0.1, 0.15) is 51.1 Å². The SMILES string of the molecule is COc1cc(C2(C(=O)ON3C(=O)c4ccccc4C3=O)CCC2)ccc1C. The number of imide groups is 1. The Morgan fingerprint density at radius 1 is 1.04 bits per heavy atom. The summed E-state index contributed by atoms with van der Waals surface area (Å²) in [6.07, 6.45) is 2.07. The molecule has 2 aromatic carbocycles. The third-order valence-electron chi connectivity index (χ3n) is 5.49. The first-order valence-electron chi connectivity index (χ1n) is 8.83. The van der Waals surface area contributed by atoms with Crippen molar-refractivity contribution in [3.8, 4) is 5.75 Å². The number of carbonyl (C=O) groups is 3. The molecule has 1 saturated carbocycles. The zero-order valence-electron chi connectivity index (χ0n) is 15.2. The third kappa shape index (κ3) is 2.51. The van der Waals surface area contributed by atoms with Crippen LogP contribution in [0.3, 0.4) is 0 Å². The van der Waals surface area contributed by atoms with E-state index >= 15 is 0 Å². The number of rotatable bonds is 4. The third-order valence-corrected chi connectivity index (χ3v) is 5.49. The van der Waals surface area contributed by atoms with Crippen LogP contribution in [0.5, 0.6) is 5.75 Å². The summed E-state index contributed by atoms with van der Waals surface area (Å²) >= 11 is 0. The van der Waals surface area contributed by atoms with Crippen molar-refractivity contribution in [3.63, 3.8) is 0 Å². The van der Waals surface area contributed by atoms with Gasteiger partial charge in [0.05, 0.1) is 23.7 Å². The van der Waals surface area contributed by atoms with Crippen LogP contribution in [-0.4, -0.2) is 30.0 Å². The number of hydrogen-bond donors (Lipinski definition) is 0. The van der Waals surface area contributed by atoms with Gasteiger partial charge in [0, 0.05) is 0 Å². The molecule has 138 valence electrons. The molecule has 6 nitrogen and oxygen atoms in total. The topological polar surface area (TPSA) is 72.9 Å². The first-order valence-corrected chi connectivity index (χ1v) is 8.83. The predicted molar refractivity (Wildman–Crippen MR) is 96.3 cm³/mol. The molecule has 0 bridgehead atoms. The largest absolute Gasteiger partial charge is 0.496 e. The summed E-state index contributed by atoms with van der Waals surface area (Å²) in [5, 5.41) is 0.582. The lowest BCUT2D eigenvalue weighted by atomic mass is 9.64. The second-order valence-electron chi connectivity index (χ2n) is 6.95. The minimum atomic E-state index is -0.865. The number of benzene rings is 2. The average molecular weight is 365 g/mol. The molecule has 0 saturated heterocycles. The van der Waals surface area contributed by atoms with Crippen molar-refractivity contribution < 1.29 is 24.0 Å². The number of ether oxygens (including phenoxy) is 1. The van der Waals surface area contributed by atoms with E-state index in [0.717, 1.165) is 17.5 Å². The molecular formula is C21H19NO5. The van der Waals surface area contributed by atoms with Crippen molar-refractivity contribution in [1.82, 2.24) is 5.06 Å². The second kappa shape index (κ2) is 6.23. The van der Waals surface area contributed by atoms with Crippen molar-refractivity contribution in [2.45, 2.75) is 31.6 Å². The molecule has 0 aromatic heterocycles. The monoisotopic (exact) mass is 365 g/mol. The average Bonchev–Trinajstić information content (AvgIpc) is 2.87. The number of aryl methyl sites for hydroxylation is 1. The maximum atomic E-state index is 13.0. The minimum Gasteiger partial charge on any atom is -0.496 e. The molecule has 6 heteroatoms. The number of hydroxylamine groups is 2. The van der Waals surface area contributed by atoms with Crippen molar-refractivity contribution in [1.29, 1.82) is 0 Å². The first-order chi connectivity index (χ1) is 13.0. The van der Waals surface area contributed by atoms with Gasteiger partial charge in [-0.15, -0.1) is 0 Å². The van der Waals surface area contributed by atoms with Crippen molar-refractivity contribution in [2.24, 2.45) is 0 Å². The van der Waals surface area contributed by atoms with E-state index in [1.165, 1.54) is 0 Å². The van der Waals surface area contributed by atoms with Crippen LogP contribution in [0.25, 0.3) is 0 Å². The molecule has 1 heterocycles. The predicted octanol–water partition coefficient (Wildman–Crippen LogP) is 3.18. The molecule has 1 aliphatic carbocycles. The Bertz CT molecular complexity index is 926. The van der Waals surface area contributed by atoms with Crippen LogP contribution in [0, 0.1) is 6.92 Å². The maximum Gasteiger partial charge on any atom is 0.343 e. The van der Waals surface area contributed by atoms with E-state index in [0.29, 0.717) is 23.7 Å². The molecule has 0 unspecified atom stereocenters. The lowest BCUT2D eigenvalue weighted by Gasteiger charge is -2.40. The molecule has 2 amide bonds. The minimum absolute atomic E-state index is 0.245. The summed E-state index contributed by atoms with van der Waals surface area (Å²) in [4.78, 5) is 43.3. The Kier molecular flexibility index (Phi) is 3.98. The Labute approximate surface area is 156 Å². The van der Waals surface area contributed by atoms with E-state index in [4.69, 9.17) is 9.57 Å². The number of hydrogen-bond acceptors (Lipinski definition) is 5. The van der Waals surface area contributed by atoms with Crippen molar-refractivity contribution >= 4 is 17.8 Å². The van der Waals surface area contributed by atoms with E-state index in [1.807, 2.05) is 25.1 Å². The van der Waals surface area contributed by atoms with E-state index < -0.39 is 23.2 Å². The fraction of sp³-hybridized carbons (Fsp3) is 0.286. The second-order valence-corrected chi connectivity index (χ2v) is 6.95. The van der Waals surface area contributed by atoms with Gasteiger partial charge in [-0.05, 0) is 49.1 Å². The van der Waals surface area contributed by atoms with Gasteiger partial charge in [0.1, 0.15) is 5.75 Å². The normalized spacial score (nSPS) is 17.3. The highest BCUT2D eigenvalue weighted by molar-refractivity contribution is 6.21. The summed E-state index contributed by atoms with van der Waals surface area (Å²) < 4.78 is 5.37. The number of carbonyl (C=O) groups excluding carboxylic acids is 3. The standard InChI is InChI=1S/C21H19NO5/c1-13-8-9-14(12-17(13)26-2)21(10-5-11-21)20(25)27-22-18(23)15-6-3-4-7-16(15)19(22)24/h3-4,6-9,12H,5,10-11H2,1-2H3. The lowest BCUT2D eigenvalue weighted by molar-refractivity contribution is -0.179. The van der Waals surface area contributed by atoms with Crippen LogP contribution >= 0.6 is 0 Å². The highest BCUT2D eigenvalue weighted by Crippen LogP contribution is 2.46. The molecule has 0 atom stereocenters. The number of nitrogens with zero attached hydrogens (tertiary/aromatic N) is 1. The van der Waals surface area contributed by atoms with E-state index in [2.05, 4.69) is 0 Å². The number of methoxy groups -OCH3 is 1. The zero-order valence-corrected chi connectivity index (χ0v) is 15.2. The summed E-state index contributed by atoms with van der Waals surface area (Å²) in [5.74, 6) is -1.12. The lowest BCUT2D eigenvalue weighted by Crippen LogP contribution is -2.47. The summed E-state index contributed by atoms with van der Waals surface area (Å²) in [6, 6.07) is 12.0. The fourth-order valence-corrected chi connectivity index (χ4v) is 3.68. The van der Waals surface area contributed by atoms with E-state index in [-0.39, 0.29) is 11.1 Å². The Balaban J connectivity index is 1.62. The Morgan fingerprint density at radius 2 is 1.67 bits per heavy atom. The van der Waals surface area contributed by atoms with Crippen LogP contribution < -0.4 is 4.74 Å².